The number of esters is 1. The minimum atomic E-state index is -0.643. The van der Waals surface area contributed by atoms with Crippen molar-refractivity contribution >= 4 is 17.7 Å². The van der Waals surface area contributed by atoms with Gasteiger partial charge >= 0.3 is 5.97 Å². The molecule has 0 fully saturated rings. The fraction of sp³-hybridized carbons (Fsp3) is 0.0588. The summed E-state index contributed by atoms with van der Waals surface area (Å²) < 4.78 is 5.05. The van der Waals surface area contributed by atoms with E-state index in [0.29, 0.717) is 16.7 Å². The van der Waals surface area contributed by atoms with Gasteiger partial charge < -0.3 is 4.74 Å². The van der Waals surface area contributed by atoms with E-state index in [1.54, 1.807) is 36.4 Å². The minimum absolute atomic E-state index is 0.0379. The van der Waals surface area contributed by atoms with Crippen LogP contribution in [0.25, 0.3) is 6.08 Å². The SMILES string of the molecule is N#Cc1ccccc1COC(=O)C=Cc1ccccc1[N+](=O)[O-]. The highest BCUT2D eigenvalue weighted by Gasteiger charge is 2.10. The van der Waals surface area contributed by atoms with E-state index in [4.69, 9.17) is 10.00 Å². The second-order valence-corrected chi connectivity index (χ2v) is 4.53. The van der Waals surface area contributed by atoms with Gasteiger partial charge in [0.1, 0.15) is 6.61 Å². The molecule has 2 aromatic rings. The molecule has 0 radical (unpaired) electrons. The van der Waals surface area contributed by atoms with Gasteiger partial charge in [0.15, 0.2) is 0 Å². The van der Waals surface area contributed by atoms with Crippen LogP contribution in [0, 0.1) is 21.4 Å². The molecule has 0 aliphatic rings. The first kappa shape index (κ1) is 15.9. The van der Waals surface area contributed by atoms with Crippen LogP contribution in [-0.4, -0.2) is 10.9 Å². The molecule has 6 heteroatoms. The van der Waals surface area contributed by atoms with Gasteiger partial charge in [-0.3, -0.25) is 10.1 Å². The van der Waals surface area contributed by atoms with E-state index in [9.17, 15) is 14.9 Å². The number of nitro benzene ring substituents is 1. The Balaban J connectivity index is 2.03. The summed E-state index contributed by atoms with van der Waals surface area (Å²) in [6.07, 6.45) is 2.45. The maximum absolute atomic E-state index is 11.7. The zero-order valence-corrected chi connectivity index (χ0v) is 12.0. The van der Waals surface area contributed by atoms with Crippen molar-refractivity contribution in [2.75, 3.05) is 0 Å². The number of carbonyl (C=O) groups is 1. The van der Waals surface area contributed by atoms with Gasteiger partial charge in [-0.2, -0.15) is 5.26 Å². The number of hydrogen-bond donors (Lipinski definition) is 0. The summed E-state index contributed by atoms with van der Waals surface area (Å²) in [7, 11) is 0. The summed E-state index contributed by atoms with van der Waals surface area (Å²) in [5.41, 5.74) is 1.25. The molecular formula is C17H12N2O4. The van der Waals surface area contributed by atoms with E-state index in [1.165, 1.54) is 18.2 Å². The lowest BCUT2D eigenvalue weighted by molar-refractivity contribution is -0.385. The largest absolute Gasteiger partial charge is 0.458 e. The number of nitriles is 1. The molecule has 2 aromatic carbocycles. The van der Waals surface area contributed by atoms with Crippen LogP contribution in [0.4, 0.5) is 5.69 Å². The number of nitrogens with zero attached hydrogens (tertiary/aromatic N) is 2. The summed E-state index contributed by atoms with van der Waals surface area (Å²) in [5, 5.41) is 19.8. The molecule has 2 rings (SSSR count). The van der Waals surface area contributed by atoms with Crippen LogP contribution in [0.5, 0.6) is 0 Å². The third kappa shape index (κ3) is 4.25. The van der Waals surface area contributed by atoms with Crippen molar-refractivity contribution in [2.45, 2.75) is 6.61 Å². The van der Waals surface area contributed by atoms with Gasteiger partial charge in [0.2, 0.25) is 0 Å². The molecule has 0 aliphatic carbocycles. The highest BCUT2D eigenvalue weighted by molar-refractivity contribution is 5.87. The molecule has 0 saturated heterocycles. The smallest absolute Gasteiger partial charge is 0.331 e. The van der Waals surface area contributed by atoms with Crippen molar-refractivity contribution in [3.8, 4) is 6.07 Å². The van der Waals surface area contributed by atoms with E-state index in [-0.39, 0.29) is 12.3 Å². The van der Waals surface area contributed by atoms with Crippen molar-refractivity contribution in [1.82, 2.24) is 0 Å². The van der Waals surface area contributed by atoms with Crippen molar-refractivity contribution in [3.63, 3.8) is 0 Å². The summed E-state index contributed by atoms with van der Waals surface area (Å²) in [4.78, 5) is 22.1. The molecule has 0 heterocycles. The number of para-hydroxylation sites is 1. The average molecular weight is 308 g/mol. The standard InChI is InChI=1S/C17H12N2O4/c18-11-14-6-1-2-7-15(14)12-23-17(20)10-9-13-5-3-4-8-16(13)19(21)22/h1-10H,12H2. The van der Waals surface area contributed by atoms with E-state index >= 15 is 0 Å². The summed E-state index contributed by atoms with van der Waals surface area (Å²) in [6, 6.07) is 14.9. The fourth-order valence-corrected chi connectivity index (χ4v) is 1.90. The molecule has 0 atom stereocenters. The van der Waals surface area contributed by atoms with Crippen LogP contribution < -0.4 is 0 Å². The van der Waals surface area contributed by atoms with E-state index in [2.05, 4.69) is 0 Å². The third-order valence-electron chi connectivity index (χ3n) is 3.04. The molecule has 0 bridgehead atoms. The van der Waals surface area contributed by atoms with Gasteiger partial charge in [-0.1, -0.05) is 30.3 Å². The average Bonchev–Trinajstić information content (AvgIpc) is 2.58. The zero-order valence-electron chi connectivity index (χ0n) is 12.0. The Bertz CT molecular complexity index is 806. The van der Waals surface area contributed by atoms with E-state index in [1.807, 2.05) is 6.07 Å². The van der Waals surface area contributed by atoms with Crippen molar-refractivity contribution < 1.29 is 14.5 Å². The molecule has 0 N–H and O–H groups in total. The van der Waals surface area contributed by atoms with Gasteiger partial charge in [-0.05, 0) is 18.2 Å². The van der Waals surface area contributed by atoms with Crippen LogP contribution >= 0.6 is 0 Å². The lowest BCUT2D eigenvalue weighted by Crippen LogP contribution is -2.02. The summed E-state index contributed by atoms with van der Waals surface area (Å²) >= 11 is 0. The number of rotatable bonds is 5. The van der Waals surface area contributed by atoms with Gasteiger partial charge in [-0.25, -0.2) is 4.79 Å². The second-order valence-electron chi connectivity index (χ2n) is 4.53. The number of carbonyl (C=O) groups excluding carboxylic acids is 1. The van der Waals surface area contributed by atoms with Crippen LogP contribution in [0.3, 0.4) is 0 Å². The highest BCUT2D eigenvalue weighted by Crippen LogP contribution is 2.19. The number of hydrogen-bond acceptors (Lipinski definition) is 5. The number of ether oxygens (including phenoxy) is 1. The monoisotopic (exact) mass is 308 g/mol. The predicted molar refractivity (Wildman–Crippen MR) is 83.1 cm³/mol. The van der Waals surface area contributed by atoms with Gasteiger partial charge in [0.05, 0.1) is 22.1 Å². The Kier molecular flexibility index (Phi) is 5.21. The van der Waals surface area contributed by atoms with Crippen molar-refractivity contribution in [1.29, 1.82) is 5.26 Å². The quantitative estimate of drug-likeness (QED) is 0.366. The van der Waals surface area contributed by atoms with Crippen LogP contribution in [0.1, 0.15) is 16.7 Å². The van der Waals surface area contributed by atoms with Crippen LogP contribution in [-0.2, 0) is 16.1 Å². The predicted octanol–water partition coefficient (Wildman–Crippen LogP) is 3.22. The molecule has 0 aliphatic heterocycles. The molecule has 0 saturated carbocycles. The van der Waals surface area contributed by atoms with Gasteiger partial charge in [0, 0.05) is 17.7 Å². The number of benzene rings is 2. The van der Waals surface area contributed by atoms with Crippen molar-refractivity contribution in [3.05, 3.63) is 81.4 Å². The third-order valence-corrected chi connectivity index (χ3v) is 3.04. The Morgan fingerprint density at radius 1 is 1.22 bits per heavy atom. The molecule has 23 heavy (non-hydrogen) atoms. The molecule has 114 valence electrons. The summed E-state index contributed by atoms with van der Waals surface area (Å²) in [5.74, 6) is -0.643. The molecule has 0 spiro atoms. The normalized spacial score (nSPS) is 10.2. The maximum Gasteiger partial charge on any atom is 0.331 e. The second kappa shape index (κ2) is 7.52. The first-order valence-corrected chi connectivity index (χ1v) is 6.68. The lowest BCUT2D eigenvalue weighted by atomic mass is 10.1. The highest BCUT2D eigenvalue weighted by atomic mass is 16.6. The van der Waals surface area contributed by atoms with E-state index < -0.39 is 10.9 Å². The molecule has 0 aromatic heterocycles. The molecule has 0 amide bonds. The first-order chi connectivity index (χ1) is 11.1. The maximum atomic E-state index is 11.7. The Morgan fingerprint density at radius 3 is 2.65 bits per heavy atom. The topological polar surface area (TPSA) is 93.2 Å². The molecule has 0 unspecified atom stereocenters. The Hall–Kier alpha value is -3.46. The first-order valence-electron chi connectivity index (χ1n) is 6.68. The number of nitro groups is 1. The summed E-state index contributed by atoms with van der Waals surface area (Å²) in [6.45, 7) is -0.0379. The van der Waals surface area contributed by atoms with Gasteiger partial charge in [-0.15, -0.1) is 0 Å². The van der Waals surface area contributed by atoms with Gasteiger partial charge in [0.25, 0.3) is 5.69 Å². The zero-order chi connectivity index (χ0) is 16.7. The molecule has 6 nitrogen and oxygen atoms in total. The lowest BCUT2D eigenvalue weighted by Gasteiger charge is -2.04. The van der Waals surface area contributed by atoms with E-state index in [0.717, 1.165) is 6.08 Å². The molecular weight excluding hydrogens is 296 g/mol. The fourth-order valence-electron chi connectivity index (χ4n) is 1.90. The minimum Gasteiger partial charge on any atom is -0.458 e. The van der Waals surface area contributed by atoms with Crippen LogP contribution in [0.2, 0.25) is 0 Å². The Morgan fingerprint density at radius 2 is 1.91 bits per heavy atom. The Labute approximate surface area is 132 Å². The van der Waals surface area contributed by atoms with Crippen LogP contribution in [0.15, 0.2) is 54.6 Å². The van der Waals surface area contributed by atoms with Crippen molar-refractivity contribution in [2.24, 2.45) is 0 Å².